The Bertz CT molecular complexity index is 370. The van der Waals surface area contributed by atoms with Crippen LogP contribution in [0.3, 0.4) is 0 Å². The van der Waals surface area contributed by atoms with E-state index in [1.54, 1.807) is 20.0 Å². The van der Waals surface area contributed by atoms with Crippen LogP contribution in [-0.4, -0.2) is 18.2 Å². The SMILES string of the molecule is CNC(=O)C(C)Sc1ccc(N)c(F)c1. The van der Waals surface area contributed by atoms with Crippen LogP contribution >= 0.6 is 11.8 Å². The zero-order valence-corrected chi connectivity index (χ0v) is 9.40. The molecule has 0 aliphatic heterocycles. The second-order valence-electron chi connectivity index (χ2n) is 3.06. The molecule has 3 nitrogen and oxygen atoms in total. The number of thioether (sulfide) groups is 1. The Morgan fingerprint density at radius 3 is 2.80 bits per heavy atom. The summed E-state index contributed by atoms with van der Waals surface area (Å²) in [5.74, 6) is -0.540. The summed E-state index contributed by atoms with van der Waals surface area (Å²) in [6, 6.07) is 4.52. The molecule has 0 radical (unpaired) electrons. The van der Waals surface area contributed by atoms with Gasteiger partial charge in [0, 0.05) is 11.9 Å². The first-order valence-corrected chi connectivity index (χ1v) is 5.36. The number of nitrogen functional groups attached to an aromatic ring is 1. The van der Waals surface area contributed by atoms with E-state index in [0.717, 1.165) is 0 Å². The van der Waals surface area contributed by atoms with E-state index in [1.807, 2.05) is 0 Å². The molecule has 0 saturated carbocycles. The fourth-order valence-corrected chi connectivity index (χ4v) is 1.99. The quantitative estimate of drug-likeness (QED) is 0.610. The van der Waals surface area contributed by atoms with E-state index in [2.05, 4.69) is 5.32 Å². The Morgan fingerprint density at radius 1 is 1.60 bits per heavy atom. The van der Waals surface area contributed by atoms with Crippen LogP contribution in [0.1, 0.15) is 6.92 Å². The number of anilines is 1. The summed E-state index contributed by atoms with van der Waals surface area (Å²) < 4.78 is 13.1. The molecule has 3 N–H and O–H groups in total. The Hall–Kier alpha value is -1.23. The lowest BCUT2D eigenvalue weighted by molar-refractivity contribution is -0.119. The fraction of sp³-hybridized carbons (Fsp3) is 0.300. The van der Waals surface area contributed by atoms with Crippen LogP contribution in [0.25, 0.3) is 0 Å². The van der Waals surface area contributed by atoms with Crippen molar-refractivity contribution >= 4 is 23.4 Å². The highest BCUT2D eigenvalue weighted by Gasteiger charge is 2.12. The molecule has 1 aromatic carbocycles. The molecule has 1 rings (SSSR count). The van der Waals surface area contributed by atoms with Gasteiger partial charge < -0.3 is 11.1 Å². The Kier molecular flexibility index (Phi) is 3.96. The number of halogens is 1. The van der Waals surface area contributed by atoms with Crippen LogP contribution in [0.4, 0.5) is 10.1 Å². The van der Waals surface area contributed by atoms with Gasteiger partial charge in [-0.2, -0.15) is 0 Å². The number of nitrogens with one attached hydrogen (secondary N) is 1. The summed E-state index contributed by atoms with van der Waals surface area (Å²) in [6.07, 6.45) is 0. The summed E-state index contributed by atoms with van der Waals surface area (Å²) in [5.41, 5.74) is 5.46. The van der Waals surface area contributed by atoms with Gasteiger partial charge in [0.2, 0.25) is 5.91 Å². The van der Waals surface area contributed by atoms with Gasteiger partial charge in [-0.1, -0.05) is 0 Å². The molecule has 1 aromatic rings. The van der Waals surface area contributed by atoms with E-state index in [9.17, 15) is 9.18 Å². The predicted molar refractivity (Wildman–Crippen MR) is 60.2 cm³/mol. The van der Waals surface area contributed by atoms with Gasteiger partial charge in [-0.3, -0.25) is 4.79 Å². The largest absolute Gasteiger partial charge is 0.396 e. The molecule has 1 amide bonds. The molecule has 0 spiro atoms. The first kappa shape index (κ1) is 11.8. The molecule has 1 atom stereocenters. The van der Waals surface area contributed by atoms with Gasteiger partial charge in [-0.15, -0.1) is 11.8 Å². The summed E-state index contributed by atoms with van der Waals surface area (Å²) in [4.78, 5) is 11.9. The molecule has 0 saturated heterocycles. The third-order valence-corrected chi connectivity index (χ3v) is 2.99. The van der Waals surface area contributed by atoms with Crippen molar-refractivity contribution in [3.63, 3.8) is 0 Å². The summed E-state index contributed by atoms with van der Waals surface area (Å²) in [7, 11) is 1.57. The van der Waals surface area contributed by atoms with E-state index < -0.39 is 5.82 Å². The highest BCUT2D eigenvalue weighted by Crippen LogP contribution is 2.25. The van der Waals surface area contributed by atoms with Crippen molar-refractivity contribution in [1.82, 2.24) is 5.32 Å². The standard InChI is InChI=1S/C10H13FN2OS/c1-6(10(14)13-2)15-7-3-4-9(12)8(11)5-7/h3-6H,12H2,1-2H3,(H,13,14). The Labute approximate surface area is 92.2 Å². The summed E-state index contributed by atoms with van der Waals surface area (Å²) in [6.45, 7) is 1.76. The Balaban J connectivity index is 2.73. The van der Waals surface area contributed by atoms with Gasteiger partial charge in [0.25, 0.3) is 0 Å². The summed E-state index contributed by atoms with van der Waals surface area (Å²) in [5, 5.41) is 2.28. The molecule has 5 heteroatoms. The third-order valence-electron chi connectivity index (χ3n) is 1.90. The smallest absolute Gasteiger partial charge is 0.232 e. The highest BCUT2D eigenvalue weighted by atomic mass is 32.2. The van der Waals surface area contributed by atoms with Crippen molar-refractivity contribution in [2.24, 2.45) is 0 Å². The van der Waals surface area contributed by atoms with Gasteiger partial charge in [0.15, 0.2) is 0 Å². The van der Waals surface area contributed by atoms with Gasteiger partial charge in [0.05, 0.1) is 10.9 Å². The number of benzene rings is 1. The molecule has 82 valence electrons. The number of nitrogens with two attached hydrogens (primary N) is 1. The van der Waals surface area contributed by atoms with E-state index in [-0.39, 0.29) is 16.8 Å². The average molecular weight is 228 g/mol. The van der Waals surface area contributed by atoms with Crippen molar-refractivity contribution in [2.75, 3.05) is 12.8 Å². The third kappa shape index (κ3) is 3.13. The van der Waals surface area contributed by atoms with Crippen LogP contribution < -0.4 is 11.1 Å². The molecule has 0 bridgehead atoms. The normalized spacial score (nSPS) is 12.2. The zero-order chi connectivity index (χ0) is 11.4. The highest BCUT2D eigenvalue weighted by molar-refractivity contribution is 8.00. The lowest BCUT2D eigenvalue weighted by Crippen LogP contribution is -2.27. The van der Waals surface area contributed by atoms with Crippen LogP contribution in [-0.2, 0) is 4.79 Å². The van der Waals surface area contributed by atoms with Crippen LogP contribution in [0.2, 0.25) is 0 Å². The number of hydrogen-bond donors (Lipinski definition) is 2. The van der Waals surface area contributed by atoms with E-state index >= 15 is 0 Å². The van der Waals surface area contributed by atoms with Gasteiger partial charge in [0.1, 0.15) is 5.82 Å². The molecule has 0 aliphatic rings. The molecule has 0 heterocycles. The fourth-order valence-electron chi connectivity index (χ4n) is 1.04. The predicted octanol–water partition coefficient (Wildman–Crippen LogP) is 1.63. The molecule has 1 unspecified atom stereocenters. The zero-order valence-electron chi connectivity index (χ0n) is 8.58. The van der Waals surface area contributed by atoms with Crippen LogP contribution in [0.5, 0.6) is 0 Å². The summed E-state index contributed by atoms with van der Waals surface area (Å²) >= 11 is 1.29. The lowest BCUT2D eigenvalue weighted by Gasteiger charge is -2.09. The topological polar surface area (TPSA) is 55.1 Å². The molecule has 15 heavy (non-hydrogen) atoms. The monoisotopic (exact) mass is 228 g/mol. The van der Waals surface area contributed by atoms with Crippen molar-refractivity contribution in [3.05, 3.63) is 24.0 Å². The maximum atomic E-state index is 13.1. The minimum absolute atomic E-state index is 0.0859. The molecular formula is C10H13FN2OS. The van der Waals surface area contributed by atoms with Crippen molar-refractivity contribution < 1.29 is 9.18 Å². The maximum absolute atomic E-state index is 13.1. The average Bonchev–Trinajstić information content (AvgIpc) is 2.22. The first-order valence-electron chi connectivity index (χ1n) is 4.48. The maximum Gasteiger partial charge on any atom is 0.232 e. The molecule has 0 fully saturated rings. The van der Waals surface area contributed by atoms with Crippen molar-refractivity contribution in [2.45, 2.75) is 17.1 Å². The minimum Gasteiger partial charge on any atom is -0.396 e. The van der Waals surface area contributed by atoms with Gasteiger partial charge in [-0.25, -0.2) is 4.39 Å². The number of rotatable bonds is 3. The lowest BCUT2D eigenvalue weighted by atomic mass is 10.3. The Morgan fingerprint density at radius 2 is 2.27 bits per heavy atom. The number of hydrogen-bond acceptors (Lipinski definition) is 3. The van der Waals surface area contributed by atoms with Crippen LogP contribution in [0, 0.1) is 5.82 Å². The number of carbonyl (C=O) groups is 1. The number of carbonyl (C=O) groups excluding carboxylic acids is 1. The minimum atomic E-state index is -0.455. The number of amides is 1. The molecular weight excluding hydrogens is 215 g/mol. The molecule has 0 aliphatic carbocycles. The van der Waals surface area contributed by atoms with E-state index in [1.165, 1.54) is 23.9 Å². The van der Waals surface area contributed by atoms with Gasteiger partial charge in [-0.05, 0) is 25.1 Å². The van der Waals surface area contributed by atoms with Crippen LogP contribution in [0.15, 0.2) is 23.1 Å². The van der Waals surface area contributed by atoms with Gasteiger partial charge >= 0.3 is 0 Å². The van der Waals surface area contributed by atoms with E-state index in [4.69, 9.17) is 5.73 Å². The first-order chi connectivity index (χ1) is 7.04. The second-order valence-corrected chi connectivity index (χ2v) is 4.47. The van der Waals surface area contributed by atoms with E-state index in [0.29, 0.717) is 4.90 Å². The van der Waals surface area contributed by atoms with Crippen molar-refractivity contribution in [3.8, 4) is 0 Å². The molecule has 0 aromatic heterocycles. The van der Waals surface area contributed by atoms with Crippen molar-refractivity contribution in [1.29, 1.82) is 0 Å². The second kappa shape index (κ2) is 5.02.